The molecule has 4 rings (SSSR count). The van der Waals surface area contributed by atoms with Crippen LogP contribution in [0.25, 0.3) is 17.0 Å². The quantitative estimate of drug-likeness (QED) is 0.459. The van der Waals surface area contributed by atoms with Crippen molar-refractivity contribution >= 4 is 17.0 Å². The van der Waals surface area contributed by atoms with Crippen LogP contribution in [-0.4, -0.2) is 4.57 Å². The van der Waals surface area contributed by atoms with Gasteiger partial charge in [0.25, 0.3) is 0 Å². The second-order valence-electron chi connectivity index (χ2n) is 9.43. The van der Waals surface area contributed by atoms with E-state index in [4.69, 9.17) is 0 Å². The van der Waals surface area contributed by atoms with Gasteiger partial charge in [-0.25, -0.2) is 0 Å². The highest BCUT2D eigenvalue weighted by molar-refractivity contribution is 5.91. The van der Waals surface area contributed by atoms with Gasteiger partial charge in [0.05, 0.1) is 5.52 Å². The van der Waals surface area contributed by atoms with E-state index in [0.29, 0.717) is 0 Å². The maximum atomic E-state index is 2.49. The van der Waals surface area contributed by atoms with E-state index in [2.05, 4.69) is 91.4 Å². The van der Waals surface area contributed by atoms with Gasteiger partial charge in [-0.3, -0.25) is 0 Å². The van der Waals surface area contributed by atoms with Crippen molar-refractivity contribution in [2.24, 2.45) is 7.05 Å². The Hall–Kier alpha value is -2.28. The predicted molar refractivity (Wildman–Crippen MR) is 122 cm³/mol. The van der Waals surface area contributed by atoms with Gasteiger partial charge >= 0.3 is 0 Å². The lowest BCUT2D eigenvalue weighted by atomic mass is 9.72. The zero-order valence-electron chi connectivity index (χ0n) is 19.0. The molecule has 0 spiro atoms. The third kappa shape index (κ3) is 2.45. The molecule has 0 aliphatic heterocycles. The molecule has 0 saturated carbocycles. The van der Waals surface area contributed by atoms with Gasteiger partial charge in [0, 0.05) is 24.0 Å². The van der Waals surface area contributed by atoms with Gasteiger partial charge in [-0.2, -0.15) is 0 Å². The molecule has 3 aromatic rings. The summed E-state index contributed by atoms with van der Waals surface area (Å²) in [7, 11) is 2.17. The topological polar surface area (TPSA) is 4.93 Å². The van der Waals surface area contributed by atoms with E-state index in [1.807, 2.05) is 0 Å². The maximum Gasteiger partial charge on any atom is 0.0513 e. The maximum absolute atomic E-state index is 2.49. The van der Waals surface area contributed by atoms with Gasteiger partial charge in [-0.15, -0.1) is 0 Å². The van der Waals surface area contributed by atoms with Crippen molar-refractivity contribution in [3.8, 4) is 0 Å². The number of aromatic nitrogens is 1. The van der Waals surface area contributed by atoms with Crippen LogP contribution < -0.4 is 0 Å². The van der Waals surface area contributed by atoms with Crippen molar-refractivity contribution < 1.29 is 0 Å². The molecular weight excluding hydrogens is 338 g/mol. The summed E-state index contributed by atoms with van der Waals surface area (Å²) >= 11 is 0. The third-order valence-electron chi connectivity index (χ3n) is 7.62. The fourth-order valence-electron chi connectivity index (χ4n) is 5.38. The van der Waals surface area contributed by atoms with Crippen LogP contribution in [0.15, 0.2) is 23.9 Å². The Kier molecular flexibility index (Phi) is 4.16. The highest BCUT2D eigenvalue weighted by Crippen LogP contribution is 2.46. The standard InChI is InChI=1S/C27H33N/c1-15-12-21-13-22(14-24(21)18(4)16(15)2)27(7,8)25-19(5)17(3)20(6)26-23(25)10-11-28(26)9/h10-12,14H,13H2,1-9H3. The van der Waals surface area contributed by atoms with E-state index in [1.54, 1.807) is 0 Å². The fraction of sp³-hybridized carbons (Fsp3) is 0.407. The molecule has 1 aromatic heterocycles. The Labute approximate surface area is 170 Å². The smallest absolute Gasteiger partial charge is 0.0513 e. The zero-order valence-corrected chi connectivity index (χ0v) is 19.0. The van der Waals surface area contributed by atoms with Crippen LogP contribution in [0.2, 0.25) is 0 Å². The van der Waals surface area contributed by atoms with E-state index in [0.717, 1.165) is 6.42 Å². The Balaban J connectivity index is 1.95. The molecule has 0 fully saturated rings. The van der Waals surface area contributed by atoms with Crippen molar-refractivity contribution in [3.63, 3.8) is 0 Å². The number of rotatable bonds is 2. The van der Waals surface area contributed by atoms with Crippen molar-refractivity contribution in [3.05, 3.63) is 74.0 Å². The molecule has 1 heteroatoms. The summed E-state index contributed by atoms with van der Waals surface area (Å²) < 4.78 is 2.28. The summed E-state index contributed by atoms with van der Waals surface area (Å²) in [6.07, 6.45) is 5.76. The molecule has 1 aliphatic carbocycles. The molecule has 1 heterocycles. The van der Waals surface area contributed by atoms with Crippen LogP contribution in [0.4, 0.5) is 0 Å². The normalized spacial score (nSPS) is 14.0. The lowest BCUT2D eigenvalue weighted by Gasteiger charge is -2.31. The summed E-state index contributed by atoms with van der Waals surface area (Å²) in [4.78, 5) is 0. The minimum atomic E-state index is -0.00455. The first-order chi connectivity index (χ1) is 13.1. The van der Waals surface area contributed by atoms with Gasteiger partial charge in [0.2, 0.25) is 0 Å². The van der Waals surface area contributed by atoms with Gasteiger partial charge in [-0.05, 0) is 104 Å². The SMILES string of the molecule is Cc1cc2c(c(C)c1C)C=C(C(C)(C)c1c(C)c(C)c(C)c3c1ccn3C)C2. The minimum absolute atomic E-state index is 0.00455. The molecule has 1 nitrogen and oxygen atoms in total. The van der Waals surface area contributed by atoms with E-state index < -0.39 is 0 Å². The molecule has 0 bridgehead atoms. The van der Waals surface area contributed by atoms with Crippen LogP contribution in [0, 0.1) is 41.5 Å². The number of aryl methyl sites for hydroxylation is 3. The number of hydrogen-bond donors (Lipinski definition) is 0. The molecule has 28 heavy (non-hydrogen) atoms. The number of allylic oxidation sites excluding steroid dienone is 1. The van der Waals surface area contributed by atoms with Crippen LogP contribution in [0.1, 0.15) is 63.9 Å². The van der Waals surface area contributed by atoms with Gasteiger partial charge in [0.15, 0.2) is 0 Å². The first-order valence-electron chi connectivity index (χ1n) is 10.4. The second-order valence-corrected chi connectivity index (χ2v) is 9.43. The number of fused-ring (bicyclic) bond motifs is 2. The minimum Gasteiger partial charge on any atom is -0.350 e. The highest BCUT2D eigenvalue weighted by atomic mass is 14.9. The van der Waals surface area contributed by atoms with Gasteiger partial charge in [-0.1, -0.05) is 31.6 Å². The lowest BCUT2D eigenvalue weighted by molar-refractivity contribution is 0.616. The third-order valence-corrected chi connectivity index (χ3v) is 7.62. The number of benzene rings is 2. The molecule has 1 aliphatic rings. The Morgan fingerprint density at radius 2 is 1.54 bits per heavy atom. The first-order valence-corrected chi connectivity index (χ1v) is 10.4. The molecular formula is C27H33N. The van der Waals surface area contributed by atoms with Crippen LogP contribution in [-0.2, 0) is 18.9 Å². The van der Waals surface area contributed by atoms with E-state index >= 15 is 0 Å². The Morgan fingerprint density at radius 3 is 2.21 bits per heavy atom. The predicted octanol–water partition coefficient (Wildman–Crippen LogP) is 6.95. The molecule has 0 atom stereocenters. The zero-order chi connectivity index (χ0) is 20.5. The Bertz CT molecular complexity index is 1170. The molecule has 2 aromatic carbocycles. The summed E-state index contributed by atoms with van der Waals surface area (Å²) in [6, 6.07) is 4.72. The molecule has 0 radical (unpaired) electrons. The molecule has 0 unspecified atom stereocenters. The van der Waals surface area contributed by atoms with Crippen molar-refractivity contribution in [2.45, 2.75) is 67.2 Å². The van der Waals surface area contributed by atoms with Crippen LogP contribution >= 0.6 is 0 Å². The first kappa shape index (κ1) is 19.1. The van der Waals surface area contributed by atoms with Gasteiger partial charge in [0.1, 0.15) is 0 Å². The summed E-state index contributed by atoms with van der Waals surface area (Å²) in [5, 5.41) is 1.41. The second kappa shape index (κ2) is 6.11. The van der Waals surface area contributed by atoms with Crippen molar-refractivity contribution in [1.82, 2.24) is 4.57 Å². The van der Waals surface area contributed by atoms with Crippen molar-refractivity contribution in [1.29, 1.82) is 0 Å². The molecule has 0 saturated heterocycles. The average Bonchev–Trinajstić information content (AvgIpc) is 3.22. The van der Waals surface area contributed by atoms with Crippen molar-refractivity contribution in [2.75, 3.05) is 0 Å². The lowest BCUT2D eigenvalue weighted by Crippen LogP contribution is -2.23. The monoisotopic (exact) mass is 371 g/mol. The average molecular weight is 372 g/mol. The van der Waals surface area contributed by atoms with E-state index in [-0.39, 0.29) is 5.41 Å². The van der Waals surface area contributed by atoms with Crippen LogP contribution in [0.3, 0.4) is 0 Å². The highest BCUT2D eigenvalue weighted by Gasteiger charge is 2.34. The molecule has 0 amide bonds. The van der Waals surface area contributed by atoms with E-state index in [9.17, 15) is 0 Å². The Morgan fingerprint density at radius 1 is 0.857 bits per heavy atom. The summed E-state index contributed by atoms with van der Waals surface area (Å²) in [5.74, 6) is 0. The summed E-state index contributed by atoms with van der Waals surface area (Å²) in [6.45, 7) is 18.5. The van der Waals surface area contributed by atoms with Crippen LogP contribution in [0.5, 0.6) is 0 Å². The molecule has 146 valence electrons. The molecule has 0 N–H and O–H groups in total. The number of nitrogens with zero attached hydrogens (tertiary/aromatic N) is 1. The fourth-order valence-corrected chi connectivity index (χ4v) is 5.38. The number of hydrogen-bond acceptors (Lipinski definition) is 0. The van der Waals surface area contributed by atoms with E-state index in [1.165, 1.54) is 66.5 Å². The summed E-state index contributed by atoms with van der Waals surface area (Å²) in [5.41, 5.74) is 15.9. The van der Waals surface area contributed by atoms with Gasteiger partial charge < -0.3 is 4.57 Å². The largest absolute Gasteiger partial charge is 0.350 e.